The predicted octanol–water partition coefficient (Wildman–Crippen LogP) is 10.00. The molecule has 0 bridgehead atoms. The second kappa shape index (κ2) is 26.3. The molecule has 8 rings (SSSR count). The lowest BCUT2D eigenvalue weighted by molar-refractivity contribution is 0.0293. The number of carbonyl (C=O) groups excluding carboxylic acids is 2. The minimum absolute atomic E-state index is 0.00530. The molecule has 2 aliphatic rings. The van der Waals surface area contributed by atoms with E-state index in [4.69, 9.17) is 28.4 Å². The molecule has 6 aromatic rings. The fourth-order valence-electron chi connectivity index (χ4n) is 10.1. The van der Waals surface area contributed by atoms with Crippen LogP contribution in [0.3, 0.4) is 0 Å². The number of hydrogen-bond acceptors (Lipinski definition) is 14. The smallest absolute Gasteiger partial charge is 0.316 e. The molecule has 0 aliphatic heterocycles. The number of benzene rings is 2. The summed E-state index contributed by atoms with van der Waals surface area (Å²) in [4.78, 5) is 51.1. The van der Waals surface area contributed by atoms with Crippen LogP contribution in [0.1, 0.15) is 108 Å². The van der Waals surface area contributed by atoms with E-state index in [1.165, 1.54) is 51.1 Å². The van der Waals surface area contributed by atoms with Gasteiger partial charge in [0.05, 0.1) is 76.0 Å². The van der Waals surface area contributed by atoms with Crippen molar-refractivity contribution in [2.75, 3.05) is 68.1 Å². The van der Waals surface area contributed by atoms with Crippen LogP contribution in [0, 0.1) is 35.3 Å². The van der Waals surface area contributed by atoms with E-state index in [0.717, 1.165) is 84.3 Å². The first kappa shape index (κ1) is 51.9. The van der Waals surface area contributed by atoms with E-state index in [1.807, 2.05) is 24.5 Å². The van der Waals surface area contributed by atoms with Crippen LogP contribution in [0.5, 0.6) is 12.0 Å². The molecule has 4 heterocycles. The van der Waals surface area contributed by atoms with Gasteiger partial charge in [-0.25, -0.2) is 28.7 Å². The summed E-state index contributed by atoms with van der Waals surface area (Å²) in [6, 6.07) is 14.1. The summed E-state index contributed by atoms with van der Waals surface area (Å²) < 4.78 is 59.8. The molecule has 2 aliphatic carbocycles. The van der Waals surface area contributed by atoms with Crippen LogP contribution in [0.2, 0.25) is 0 Å². The fraction of sp³-hybridized carbons (Fsp3) is 0.481. The molecule has 2 fully saturated rings. The van der Waals surface area contributed by atoms with Gasteiger partial charge < -0.3 is 28.4 Å². The summed E-state index contributed by atoms with van der Waals surface area (Å²) in [5, 5.41) is 1.79. The van der Waals surface area contributed by atoms with Crippen molar-refractivity contribution in [3.63, 3.8) is 0 Å². The van der Waals surface area contributed by atoms with Crippen molar-refractivity contribution in [1.29, 1.82) is 0 Å². The Morgan fingerprint density at radius 3 is 1.27 bits per heavy atom. The minimum atomic E-state index is -0.241. The largest absolute Gasteiger partial charge is 0.467 e. The Balaban J connectivity index is 0.000000206. The van der Waals surface area contributed by atoms with E-state index >= 15 is 0 Å². The zero-order chi connectivity index (χ0) is 49.2. The van der Waals surface area contributed by atoms with Crippen LogP contribution in [0.4, 0.5) is 8.78 Å². The molecular formula is C54H64F2N6O8. The number of carbonyl (C=O) groups is 2. The minimum Gasteiger partial charge on any atom is -0.467 e. The molecular weight excluding hydrogens is 899 g/mol. The molecule has 2 saturated carbocycles. The van der Waals surface area contributed by atoms with Crippen LogP contribution in [-0.4, -0.2) is 110 Å². The molecule has 2 aromatic carbocycles. The highest BCUT2D eigenvalue weighted by Gasteiger charge is 2.33. The van der Waals surface area contributed by atoms with E-state index in [1.54, 1.807) is 38.5 Å². The number of aromatic nitrogens is 6. The molecule has 2 atom stereocenters. The Hall–Kier alpha value is -5.94. The van der Waals surface area contributed by atoms with Crippen LogP contribution >= 0.6 is 0 Å². The normalized spacial score (nSPS) is 18.9. The third-order valence-electron chi connectivity index (χ3n) is 13.9. The van der Waals surface area contributed by atoms with Gasteiger partial charge >= 0.3 is 12.0 Å². The average molecular weight is 963 g/mol. The number of ketones is 2. The van der Waals surface area contributed by atoms with Gasteiger partial charge in [-0.05, 0) is 147 Å². The zero-order valence-corrected chi connectivity index (χ0v) is 40.6. The van der Waals surface area contributed by atoms with Gasteiger partial charge in [-0.1, -0.05) is 0 Å². The lowest BCUT2D eigenvalue weighted by Gasteiger charge is -2.34. The van der Waals surface area contributed by atoms with Crippen molar-refractivity contribution in [3.05, 3.63) is 120 Å². The summed E-state index contributed by atoms with van der Waals surface area (Å²) in [6.07, 6.45) is 18.3. The van der Waals surface area contributed by atoms with Gasteiger partial charge in [0, 0.05) is 75.0 Å². The van der Waals surface area contributed by atoms with Gasteiger partial charge in [0.15, 0.2) is 11.6 Å². The summed E-state index contributed by atoms with van der Waals surface area (Å²) in [5.41, 5.74) is 4.92. The molecule has 372 valence electrons. The van der Waals surface area contributed by atoms with Gasteiger partial charge in [-0.15, -0.1) is 0 Å². The van der Waals surface area contributed by atoms with Crippen molar-refractivity contribution in [2.24, 2.45) is 23.7 Å². The number of fused-ring (bicyclic) bond motifs is 2. The standard InChI is InChI=1S/2C27H32FN3O4/c2*1-33-11-12-35-17-20(13-26(32)21-15-30-27(34-2)31-16-21)18-3-5-19(6-4-18)23-9-10-29-25-8-7-22(28)14-24(23)25/h2*7-10,14-16,18-20H,3-6,11-13,17H2,1-2H3/t2*18?,19?,20-/m10/s1. The van der Waals surface area contributed by atoms with Crippen LogP contribution in [0.15, 0.2) is 85.7 Å². The number of ether oxygens (including phenoxy) is 6. The first-order valence-electron chi connectivity index (χ1n) is 24.2. The molecule has 14 nitrogen and oxygen atoms in total. The van der Waals surface area contributed by atoms with Crippen molar-refractivity contribution >= 4 is 33.4 Å². The molecule has 0 saturated heterocycles. The first-order valence-corrected chi connectivity index (χ1v) is 24.2. The van der Waals surface area contributed by atoms with Crippen molar-refractivity contribution in [2.45, 2.75) is 76.0 Å². The molecule has 0 unspecified atom stereocenters. The lowest BCUT2D eigenvalue weighted by atomic mass is 9.72. The van der Waals surface area contributed by atoms with Crippen molar-refractivity contribution in [1.82, 2.24) is 29.9 Å². The van der Waals surface area contributed by atoms with E-state index in [-0.39, 0.29) is 47.1 Å². The number of halogens is 2. The number of methoxy groups -OCH3 is 4. The maximum Gasteiger partial charge on any atom is 0.316 e. The molecule has 0 spiro atoms. The number of hydrogen-bond donors (Lipinski definition) is 0. The molecule has 16 heteroatoms. The Labute approximate surface area is 408 Å². The predicted molar refractivity (Wildman–Crippen MR) is 260 cm³/mol. The second-order valence-electron chi connectivity index (χ2n) is 18.2. The topological polar surface area (TPSA) is 167 Å². The SMILES string of the molecule is COCCOC[C@@H](CC(=O)c1cnc(OC)nc1)C1CCC(c2ccnc3ccc(F)cc23)CC1.COCCOC[C@H](CC(=O)c1cnc(OC)nc1)C1CCC(c2ccnc3ccc(F)cc23)CC1. The molecule has 70 heavy (non-hydrogen) atoms. The first-order chi connectivity index (χ1) is 34.2. The van der Waals surface area contributed by atoms with Gasteiger partial charge in [0.1, 0.15) is 11.6 Å². The summed E-state index contributed by atoms with van der Waals surface area (Å²) in [7, 11) is 6.27. The third-order valence-corrected chi connectivity index (χ3v) is 13.9. The van der Waals surface area contributed by atoms with Gasteiger partial charge in [0.2, 0.25) is 0 Å². The Bertz CT molecular complexity index is 2410. The molecule has 0 amide bonds. The van der Waals surface area contributed by atoms with E-state index in [0.29, 0.717) is 87.3 Å². The number of rotatable bonds is 22. The highest BCUT2D eigenvalue weighted by molar-refractivity contribution is 5.96. The highest BCUT2D eigenvalue weighted by Crippen LogP contribution is 2.43. The Morgan fingerprint density at radius 1 is 0.529 bits per heavy atom. The maximum absolute atomic E-state index is 13.9. The lowest BCUT2D eigenvalue weighted by Crippen LogP contribution is -2.27. The molecule has 0 radical (unpaired) electrons. The second-order valence-corrected chi connectivity index (χ2v) is 18.2. The fourth-order valence-corrected chi connectivity index (χ4v) is 10.1. The summed E-state index contributed by atoms with van der Waals surface area (Å²) in [5.74, 6) is 1.13. The van der Waals surface area contributed by atoms with Crippen LogP contribution in [0.25, 0.3) is 21.8 Å². The van der Waals surface area contributed by atoms with E-state index < -0.39 is 0 Å². The van der Waals surface area contributed by atoms with Crippen LogP contribution < -0.4 is 9.47 Å². The zero-order valence-electron chi connectivity index (χ0n) is 40.6. The number of Topliss-reactive ketones (excluding diaryl/α,β-unsaturated/α-hetero) is 2. The van der Waals surface area contributed by atoms with Gasteiger partial charge in [-0.2, -0.15) is 0 Å². The van der Waals surface area contributed by atoms with Crippen molar-refractivity contribution < 1.29 is 46.8 Å². The van der Waals surface area contributed by atoms with E-state index in [9.17, 15) is 18.4 Å². The van der Waals surface area contributed by atoms with Gasteiger partial charge in [-0.3, -0.25) is 19.6 Å². The third kappa shape index (κ3) is 14.1. The molecule has 0 N–H and O–H groups in total. The quantitative estimate of drug-likeness (QED) is 0.0466. The summed E-state index contributed by atoms with van der Waals surface area (Å²) in [6.45, 7) is 3.04. The van der Waals surface area contributed by atoms with Gasteiger partial charge in [0.25, 0.3) is 0 Å². The Kier molecular flexibility index (Phi) is 19.5. The monoisotopic (exact) mass is 962 g/mol. The molecule has 4 aromatic heterocycles. The Morgan fingerprint density at radius 2 is 0.914 bits per heavy atom. The van der Waals surface area contributed by atoms with Crippen LogP contribution in [-0.2, 0) is 18.9 Å². The average Bonchev–Trinajstić information content (AvgIpc) is 3.40. The number of pyridine rings is 2. The summed E-state index contributed by atoms with van der Waals surface area (Å²) >= 11 is 0. The highest BCUT2D eigenvalue weighted by atomic mass is 19.1. The number of nitrogens with zero attached hydrogens (tertiary/aromatic N) is 6. The maximum atomic E-state index is 13.9. The van der Waals surface area contributed by atoms with Crippen molar-refractivity contribution in [3.8, 4) is 12.0 Å². The van der Waals surface area contributed by atoms with E-state index in [2.05, 4.69) is 29.9 Å².